The number of ether oxygens (including phenoxy) is 1. The Hall–Kier alpha value is -2.58. The Morgan fingerprint density at radius 3 is 2.61 bits per heavy atom. The van der Waals surface area contributed by atoms with E-state index in [9.17, 15) is 4.79 Å². The van der Waals surface area contributed by atoms with E-state index in [0.29, 0.717) is 49.6 Å². The summed E-state index contributed by atoms with van der Waals surface area (Å²) in [5.74, 6) is 1.40. The maximum Gasteiger partial charge on any atom is 0.240 e. The number of furan rings is 1. The molecule has 3 aromatic rings. The number of thioether (sulfide) groups is 1. The average Bonchev–Trinajstić information content (AvgIpc) is 3.42. The Kier molecular flexibility index (Phi) is 5.78. The molecule has 8 heteroatoms. The molecule has 146 valence electrons. The van der Waals surface area contributed by atoms with Crippen LogP contribution in [0.2, 0.25) is 0 Å². The van der Waals surface area contributed by atoms with Crippen molar-refractivity contribution in [2.75, 3.05) is 26.3 Å². The minimum Gasteiger partial charge on any atom is -0.461 e. The zero-order valence-electron chi connectivity index (χ0n) is 15.7. The van der Waals surface area contributed by atoms with Gasteiger partial charge in [-0.25, -0.2) is 0 Å². The van der Waals surface area contributed by atoms with Gasteiger partial charge >= 0.3 is 0 Å². The summed E-state index contributed by atoms with van der Waals surface area (Å²) in [6.07, 6.45) is 1.62. The minimum absolute atomic E-state index is 0.0738. The molecule has 1 aliphatic rings. The van der Waals surface area contributed by atoms with E-state index in [2.05, 4.69) is 10.2 Å². The van der Waals surface area contributed by atoms with Gasteiger partial charge < -0.3 is 14.1 Å². The number of rotatable bonds is 6. The molecule has 7 nitrogen and oxygen atoms in total. The van der Waals surface area contributed by atoms with Crippen LogP contribution in [-0.4, -0.2) is 51.9 Å². The third kappa shape index (κ3) is 3.83. The Morgan fingerprint density at radius 2 is 1.93 bits per heavy atom. The van der Waals surface area contributed by atoms with E-state index in [-0.39, 0.29) is 5.91 Å². The Bertz CT molecular complexity index is 905. The zero-order chi connectivity index (χ0) is 19.3. The summed E-state index contributed by atoms with van der Waals surface area (Å²) in [5, 5.41) is 8.97. The van der Waals surface area contributed by atoms with Gasteiger partial charge in [-0.1, -0.05) is 42.1 Å². The normalized spacial score (nSPS) is 15.5. The molecule has 1 fully saturated rings. The fraction of sp³-hybridized carbons (Fsp3) is 0.350. The monoisotopic (exact) mass is 398 g/mol. The van der Waals surface area contributed by atoms with Crippen molar-refractivity contribution in [3.05, 3.63) is 54.3 Å². The maximum atomic E-state index is 13.3. The van der Waals surface area contributed by atoms with Gasteiger partial charge in [0.25, 0.3) is 0 Å². The van der Waals surface area contributed by atoms with E-state index in [1.807, 2.05) is 58.9 Å². The van der Waals surface area contributed by atoms with Gasteiger partial charge in [0, 0.05) is 19.6 Å². The number of carbonyl (C=O) groups excluding carboxylic acids is 1. The van der Waals surface area contributed by atoms with E-state index >= 15 is 0 Å². The van der Waals surface area contributed by atoms with Crippen molar-refractivity contribution in [3.63, 3.8) is 0 Å². The molecule has 0 spiro atoms. The zero-order valence-corrected chi connectivity index (χ0v) is 16.5. The lowest BCUT2D eigenvalue weighted by Crippen LogP contribution is -2.42. The lowest BCUT2D eigenvalue weighted by atomic mass is 10.1. The summed E-state index contributed by atoms with van der Waals surface area (Å²) >= 11 is 1.43. The predicted octanol–water partition coefficient (Wildman–Crippen LogP) is 3.25. The third-order valence-electron chi connectivity index (χ3n) is 4.65. The first-order valence-corrected chi connectivity index (χ1v) is 10.2. The van der Waals surface area contributed by atoms with Crippen molar-refractivity contribution in [2.45, 2.75) is 23.9 Å². The highest BCUT2D eigenvalue weighted by molar-refractivity contribution is 8.00. The second-order valence-corrected chi connectivity index (χ2v) is 7.45. The fourth-order valence-corrected chi connectivity index (χ4v) is 4.38. The van der Waals surface area contributed by atoms with Crippen molar-refractivity contribution in [1.82, 2.24) is 19.7 Å². The summed E-state index contributed by atoms with van der Waals surface area (Å²) in [4.78, 5) is 15.2. The first-order chi connectivity index (χ1) is 13.8. The topological polar surface area (TPSA) is 73.4 Å². The van der Waals surface area contributed by atoms with Crippen LogP contribution < -0.4 is 0 Å². The van der Waals surface area contributed by atoms with Gasteiger partial charge in [0.1, 0.15) is 5.25 Å². The van der Waals surface area contributed by atoms with Crippen LogP contribution in [0.15, 0.2) is 58.3 Å². The van der Waals surface area contributed by atoms with Crippen LogP contribution in [0.25, 0.3) is 11.6 Å². The number of carbonyl (C=O) groups is 1. The van der Waals surface area contributed by atoms with E-state index in [4.69, 9.17) is 9.15 Å². The van der Waals surface area contributed by atoms with Crippen molar-refractivity contribution in [1.29, 1.82) is 0 Å². The van der Waals surface area contributed by atoms with Gasteiger partial charge in [-0.05, 0) is 24.6 Å². The molecule has 0 aliphatic carbocycles. The summed E-state index contributed by atoms with van der Waals surface area (Å²) < 4.78 is 12.9. The van der Waals surface area contributed by atoms with Crippen LogP contribution >= 0.6 is 11.8 Å². The molecular weight excluding hydrogens is 376 g/mol. The number of hydrogen-bond acceptors (Lipinski definition) is 6. The second-order valence-electron chi connectivity index (χ2n) is 6.37. The molecule has 1 aromatic carbocycles. The molecule has 0 radical (unpaired) electrons. The molecule has 3 heterocycles. The number of aromatic nitrogens is 3. The first kappa shape index (κ1) is 18.8. The molecular formula is C20H22N4O3S. The highest BCUT2D eigenvalue weighted by Gasteiger charge is 2.30. The van der Waals surface area contributed by atoms with Crippen molar-refractivity contribution < 1.29 is 13.9 Å². The van der Waals surface area contributed by atoms with Crippen molar-refractivity contribution >= 4 is 17.7 Å². The van der Waals surface area contributed by atoms with Gasteiger partial charge in [0.05, 0.1) is 19.5 Å². The molecule has 28 heavy (non-hydrogen) atoms. The van der Waals surface area contributed by atoms with E-state index < -0.39 is 5.25 Å². The number of nitrogens with zero attached hydrogens (tertiary/aromatic N) is 4. The number of hydrogen-bond donors (Lipinski definition) is 0. The SMILES string of the molecule is CCn1c(S[C@H](C(=O)N2CCOCC2)c2ccccc2)nnc1-c1ccco1. The molecule has 1 saturated heterocycles. The van der Waals surface area contributed by atoms with E-state index in [0.717, 1.165) is 5.56 Å². The Morgan fingerprint density at radius 1 is 1.14 bits per heavy atom. The molecule has 2 aromatic heterocycles. The summed E-state index contributed by atoms with van der Waals surface area (Å²) in [7, 11) is 0. The smallest absolute Gasteiger partial charge is 0.240 e. The van der Waals surface area contributed by atoms with E-state index in [1.54, 1.807) is 6.26 Å². The van der Waals surface area contributed by atoms with Crippen LogP contribution in [0, 0.1) is 0 Å². The number of morpholine rings is 1. The van der Waals surface area contributed by atoms with Crippen LogP contribution in [0.3, 0.4) is 0 Å². The van der Waals surface area contributed by atoms with Crippen LogP contribution in [0.1, 0.15) is 17.7 Å². The molecule has 1 atom stereocenters. The number of benzene rings is 1. The van der Waals surface area contributed by atoms with Gasteiger partial charge in [-0.3, -0.25) is 9.36 Å². The largest absolute Gasteiger partial charge is 0.461 e. The van der Waals surface area contributed by atoms with Gasteiger partial charge in [0.15, 0.2) is 16.7 Å². The molecule has 1 amide bonds. The van der Waals surface area contributed by atoms with E-state index in [1.165, 1.54) is 11.8 Å². The summed E-state index contributed by atoms with van der Waals surface area (Å²) in [6.45, 7) is 5.08. The lowest BCUT2D eigenvalue weighted by molar-refractivity contribution is -0.134. The lowest BCUT2D eigenvalue weighted by Gasteiger charge is -2.30. The molecule has 0 N–H and O–H groups in total. The van der Waals surface area contributed by atoms with Crippen LogP contribution in [-0.2, 0) is 16.1 Å². The molecule has 0 saturated carbocycles. The standard InChI is InChI=1S/C20H22N4O3S/c1-2-24-18(16-9-6-12-27-16)21-22-20(24)28-17(15-7-4-3-5-8-15)19(25)23-10-13-26-14-11-23/h3-9,12,17H,2,10-11,13-14H2,1H3/t17-/m0/s1. The third-order valence-corrected chi connectivity index (χ3v) is 5.87. The highest BCUT2D eigenvalue weighted by atomic mass is 32.2. The Balaban J connectivity index is 1.65. The highest BCUT2D eigenvalue weighted by Crippen LogP contribution is 2.37. The molecule has 4 rings (SSSR count). The van der Waals surface area contributed by atoms with Gasteiger partial charge in [-0.15, -0.1) is 10.2 Å². The quantitative estimate of drug-likeness (QED) is 0.594. The first-order valence-electron chi connectivity index (χ1n) is 9.33. The second kappa shape index (κ2) is 8.62. The summed E-state index contributed by atoms with van der Waals surface area (Å²) in [6, 6.07) is 13.5. The summed E-state index contributed by atoms with van der Waals surface area (Å²) in [5.41, 5.74) is 0.953. The Labute approximate surface area is 167 Å². The van der Waals surface area contributed by atoms with Crippen LogP contribution in [0.5, 0.6) is 0 Å². The van der Waals surface area contributed by atoms with Gasteiger partial charge in [-0.2, -0.15) is 0 Å². The van der Waals surface area contributed by atoms with Gasteiger partial charge in [0.2, 0.25) is 5.91 Å². The number of amides is 1. The van der Waals surface area contributed by atoms with Crippen molar-refractivity contribution in [3.8, 4) is 11.6 Å². The minimum atomic E-state index is -0.391. The molecule has 1 aliphatic heterocycles. The fourth-order valence-electron chi connectivity index (χ4n) is 3.19. The predicted molar refractivity (Wildman–Crippen MR) is 106 cm³/mol. The van der Waals surface area contributed by atoms with Crippen LogP contribution in [0.4, 0.5) is 0 Å². The molecule has 0 bridgehead atoms. The molecule has 0 unspecified atom stereocenters. The average molecular weight is 398 g/mol. The maximum absolute atomic E-state index is 13.3. The van der Waals surface area contributed by atoms with Crippen molar-refractivity contribution in [2.24, 2.45) is 0 Å².